The largest absolute Gasteiger partial charge is 0.382 e. The number of fused-ring (bicyclic) bond motifs is 2. The lowest BCUT2D eigenvalue weighted by molar-refractivity contribution is -0.134. The number of rotatable bonds is 4. The second-order valence-electron chi connectivity index (χ2n) is 9.30. The molecule has 0 aliphatic heterocycles. The number of nitrogens with two attached hydrogens (primary N) is 1. The minimum Gasteiger partial charge on any atom is -0.382 e. The van der Waals surface area contributed by atoms with Crippen molar-refractivity contribution in [2.24, 2.45) is 5.92 Å². The molecule has 178 valence electrons. The molecule has 3 N–H and O–H groups in total. The van der Waals surface area contributed by atoms with E-state index in [0.29, 0.717) is 11.3 Å². The number of hydrogen-bond acceptors (Lipinski definition) is 7. The number of thiazole rings is 1. The smallest absolute Gasteiger partial charge is 0.225 e. The highest BCUT2D eigenvalue weighted by Gasteiger charge is 2.31. The minimum absolute atomic E-state index is 0.0737. The Bertz CT molecular complexity index is 1530. The number of carbonyl (C=O) groups excluding carboxylic acids is 1. The number of benzene rings is 1. The van der Waals surface area contributed by atoms with Crippen molar-refractivity contribution < 1.29 is 4.79 Å². The van der Waals surface area contributed by atoms with Gasteiger partial charge in [-0.15, -0.1) is 11.3 Å². The van der Waals surface area contributed by atoms with Gasteiger partial charge in [-0.05, 0) is 37.8 Å². The van der Waals surface area contributed by atoms with Crippen LogP contribution in [0.5, 0.6) is 0 Å². The number of H-pyrrole nitrogens is 1. The molecular weight excluding hydrogens is 460 g/mol. The highest BCUT2D eigenvalue weighted by atomic mass is 32.1. The summed E-state index contributed by atoms with van der Waals surface area (Å²) < 4.78 is 1.84. The number of hydrogen-bond donors (Lipinski definition) is 2. The summed E-state index contributed by atoms with van der Waals surface area (Å²) in [6.07, 6.45) is 6.74. The van der Waals surface area contributed by atoms with E-state index in [0.717, 1.165) is 64.4 Å². The summed E-state index contributed by atoms with van der Waals surface area (Å²) in [5, 5.41) is 8.54. The first-order chi connectivity index (χ1) is 17.0. The number of aromatic nitrogens is 6. The predicted molar refractivity (Wildman–Crippen MR) is 137 cm³/mol. The molecule has 4 heterocycles. The number of imidazole rings is 1. The van der Waals surface area contributed by atoms with Crippen LogP contribution in [0.3, 0.4) is 0 Å². The Morgan fingerprint density at radius 2 is 2.03 bits per heavy atom. The second-order valence-corrected chi connectivity index (χ2v) is 10.2. The molecule has 5 aromatic rings. The summed E-state index contributed by atoms with van der Waals surface area (Å²) in [7, 11) is 3.64. The predicted octanol–water partition coefficient (Wildman–Crippen LogP) is 4.34. The molecule has 1 amide bonds. The molecule has 10 heteroatoms. The van der Waals surface area contributed by atoms with Crippen LogP contribution in [0.25, 0.3) is 38.4 Å². The fraction of sp³-hybridized carbons (Fsp3) is 0.320. The SMILES string of the molecule is CN(C)C(=O)C1CCC(c2nc(-c3cc4cccc(-c5nccs5)c4[nH]3)c3c(N)ncnn23)CC1. The Labute approximate surface area is 206 Å². The van der Waals surface area contributed by atoms with Gasteiger partial charge in [0.2, 0.25) is 5.91 Å². The van der Waals surface area contributed by atoms with Gasteiger partial charge < -0.3 is 15.6 Å². The zero-order chi connectivity index (χ0) is 24.1. The Hall–Kier alpha value is -3.79. The van der Waals surface area contributed by atoms with Crippen LogP contribution in [0.4, 0.5) is 5.82 Å². The zero-order valence-electron chi connectivity index (χ0n) is 19.6. The topological polar surface area (TPSA) is 118 Å². The molecular formula is C25H26N8OS. The zero-order valence-corrected chi connectivity index (χ0v) is 20.4. The summed E-state index contributed by atoms with van der Waals surface area (Å²) >= 11 is 1.61. The maximum absolute atomic E-state index is 12.4. The molecule has 1 aliphatic carbocycles. The number of nitrogen functional groups attached to an aromatic ring is 1. The van der Waals surface area contributed by atoms with Gasteiger partial charge in [0.05, 0.1) is 11.2 Å². The minimum atomic E-state index is 0.0737. The monoisotopic (exact) mass is 486 g/mol. The summed E-state index contributed by atoms with van der Waals surface area (Å²) in [4.78, 5) is 31.5. The molecule has 6 rings (SSSR count). The third-order valence-electron chi connectivity index (χ3n) is 6.94. The van der Waals surface area contributed by atoms with Crippen molar-refractivity contribution in [3.05, 3.63) is 48.0 Å². The van der Waals surface area contributed by atoms with Gasteiger partial charge in [0, 0.05) is 48.5 Å². The average Bonchev–Trinajstić information content (AvgIpc) is 3.62. The third kappa shape index (κ3) is 3.65. The number of carbonyl (C=O) groups is 1. The molecule has 4 aromatic heterocycles. The maximum atomic E-state index is 12.4. The number of aromatic amines is 1. The van der Waals surface area contributed by atoms with Gasteiger partial charge in [0.15, 0.2) is 5.82 Å². The van der Waals surface area contributed by atoms with E-state index >= 15 is 0 Å². The molecule has 9 nitrogen and oxygen atoms in total. The van der Waals surface area contributed by atoms with Crippen molar-refractivity contribution >= 4 is 39.5 Å². The van der Waals surface area contributed by atoms with E-state index in [-0.39, 0.29) is 17.7 Å². The standard InChI is InChI=1S/C25H26N8OS/c1-32(2)25(34)15-8-6-14(7-9-15)23-31-20(21-22(26)28-13-29-33(21)23)18-12-16-4-3-5-17(19(16)30-18)24-27-10-11-35-24/h3-5,10-15,30H,6-9H2,1-2H3,(H2,26,28,29). The Morgan fingerprint density at radius 1 is 1.20 bits per heavy atom. The first-order valence-corrected chi connectivity index (χ1v) is 12.6. The Kier molecular flexibility index (Phi) is 5.25. The summed E-state index contributed by atoms with van der Waals surface area (Å²) in [6, 6.07) is 8.29. The van der Waals surface area contributed by atoms with Crippen molar-refractivity contribution in [2.45, 2.75) is 31.6 Å². The normalized spacial score (nSPS) is 18.3. The van der Waals surface area contributed by atoms with Gasteiger partial charge in [-0.2, -0.15) is 5.10 Å². The number of para-hydroxylation sites is 1. The molecule has 1 aromatic carbocycles. The van der Waals surface area contributed by atoms with Crippen molar-refractivity contribution in [1.82, 2.24) is 34.4 Å². The second kappa shape index (κ2) is 8.46. The molecule has 0 spiro atoms. The van der Waals surface area contributed by atoms with Crippen LogP contribution in [0.1, 0.15) is 37.4 Å². The fourth-order valence-electron chi connectivity index (χ4n) is 5.21. The highest BCUT2D eigenvalue weighted by Crippen LogP contribution is 2.39. The Morgan fingerprint density at radius 3 is 2.77 bits per heavy atom. The first-order valence-electron chi connectivity index (χ1n) is 11.7. The van der Waals surface area contributed by atoms with Crippen LogP contribution in [-0.4, -0.2) is 54.5 Å². The lowest BCUT2D eigenvalue weighted by atomic mass is 9.81. The molecule has 0 saturated heterocycles. The van der Waals surface area contributed by atoms with Gasteiger partial charge in [0.1, 0.15) is 28.4 Å². The highest BCUT2D eigenvalue weighted by molar-refractivity contribution is 7.13. The van der Waals surface area contributed by atoms with Crippen molar-refractivity contribution in [1.29, 1.82) is 0 Å². The van der Waals surface area contributed by atoms with Crippen molar-refractivity contribution in [3.8, 4) is 22.0 Å². The molecule has 0 unspecified atom stereocenters. The number of nitrogens with one attached hydrogen (secondary N) is 1. The fourth-order valence-corrected chi connectivity index (χ4v) is 5.88. The molecule has 0 radical (unpaired) electrons. The van der Waals surface area contributed by atoms with E-state index in [9.17, 15) is 4.79 Å². The Balaban J connectivity index is 1.42. The van der Waals surface area contributed by atoms with Crippen molar-refractivity contribution in [2.75, 3.05) is 19.8 Å². The summed E-state index contributed by atoms with van der Waals surface area (Å²) in [5.74, 6) is 1.75. The van der Waals surface area contributed by atoms with Crippen LogP contribution in [0.2, 0.25) is 0 Å². The molecule has 0 atom stereocenters. The van der Waals surface area contributed by atoms with Crippen LogP contribution in [-0.2, 0) is 4.79 Å². The van der Waals surface area contributed by atoms with Crippen LogP contribution < -0.4 is 5.73 Å². The van der Waals surface area contributed by atoms with Crippen LogP contribution in [0, 0.1) is 5.92 Å². The lowest BCUT2D eigenvalue weighted by Crippen LogP contribution is -2.32. The van der Waals surface area contributed by atoms with Gasteiger partial charge in [0.25, 0.3) is 0 Å². The van der Waals surface area contributed by atoms with Crippen LogP contribution >= 0.6 is 11.3 Å². The molecule has 1 aliphatic rings. The van der Waals surface area contributed by atoms with E-state index in [1.807, 2.05) is 36.3 Å². The molecule has 0 bridgehead atoms. The van der Waals surface area contributed by atoms with Gasteiger partial charge in [-0.1, -0.05) is 12.1 Å². The van der Waals surface area contributed by atoms with Gasteiger partial charge in [-0.25, -0.2) is 19.5 Å². The van der Waals surface area contributed by atoms with Crippen LogP contribution in [0.15, 0.2) is 42.2 Å². The third-order valence-corrected chi connectivity index (χ3v) is 7.75. The lowest BCUT2D eigenvalue weighted by Gasteiger charge is -2.28. The first kappa shape index (κ1) is 21.7. The number of nitrogens with zero attached hydrogens (tertiary/aromatic N) is 6. The summed E-state index contributed by atoms with van der Waals surface area (Å²) in [5.41, 5.74) is 10.7. The summed E-state index contributed by atoms with van der Waals surface area (Å²) in [6.45, 7) is 0. The maximum Gasteiger partial charge on any atom is 0.225 e. The van der Waals surface area contributed by atoms with Gasteiger partial charge >= 0.3 is 0 Å². The van der Waals surface area contributed by atoms with E-state index in [2.05, 4.69) is 38.2 Å². The van der Waals surface area contributed by atoms with Gasteiger partial charge in [-0.3, -0.25) is 4.79 Å². The van der Waals surface area contributed by atoms with E-state index in [1.165, 1.54) is 6.33 Å². The molecule has 1 saturated carbocycles. The quantitative estimate of drug-likeness (QED) is 0.390. The number of anilines is 1. The number of amides is 1. The average molecular weight is 487 g/mol. The van der Waals surface area contributed by atoms with E-state index < -0.39 is 0 Å². The van der Waals surface area contributed by atoms with Crippen molar-refractivity contribution in [3.63, 3.8) is 0 Å². The molecule has 1 fully saturated rings. The van der Waals surface area contributed by atoms with E-state index in [1.54, 1.807) is 16.2 Å². The molecule has 35 heavy (non-hydrogen) atoms. The van der Waals surface area contributed by atoms with E-state index in [4.69, 9.17) is 10.7 Å².